The number of nitrogens with zero attached hydrogens (tertiary/aromatic N) is 1. The zero-order chi connectivity index (χ0) is 27.4. The Morgan fingerprint density at radius 2 is 1.39 bits per heavy atom. The van der Waals surface area contributed by atoms with Crippen molar-refractivity contribution in [1.29, 1.82) is 0 Å². The van der Waals surface area contributed by atoms with Crippen molar-refractivity contribution in [2.75, 3.05) is 13.6 Å². The van der Waals surface area contributed by atoms with Gasteiger partial charge in [0, 0.05) is 19.5 Å². The maximum Gasteiger partial charge on any atom is 0.243 e. The molecule has 4 rings (SSSR count). The molecule has 0 heterocycles. The SMILES string of the molecule is Cc1ccc(S(=O)(=O)N(C)C/C=C2/C([C@H](CC(C)C)c3ccccc3)=C(CC(C)C)c3ccccc32)cc1. The van der Waals surface area contributed by atoms with E-state index in [2.05, 4.69) is 88.4 Å². The van der Waals surface area contributed by atoms with Gasteiger partial charge in [-0.15, -0.1) is 0 Å². The van der Waals surface area contributed by atoms with Gasteiger partial charge in [0.15, 0.2) is 0 Å². The Kier molecular flexibility index (Phi) is 8.74. The van der Waals surface area contributed by atoms with Gasteiger partial charge in [-0.05, 0) is 77.1 Å². The van der Waals surface area contributed by atoms with Gasteiger partial charge in [0.1, 0.15) is 0 Å². The largest absolute Gasteiger partial charge is 0.243 e. The van der Waals surface area contributed by atoms with E-state index in [0.717, 1.165) is 18.4 Å². The average Bonchev–Trinajstić information content (AvgIpc) is 3.18. The van der Waals surface area contributed by atoms with Gasteiger partial charge in [0.25, 0.3) is 0 Å². The zero-order valence-electron chi connectivity index (χ0n) is 23.6. The molecule has 0 spiro atoms. The van der Waals surface area contributed by atoms with Gasteiger partial charge in [0.2, 0.25) is 10.0 Å². The molecule has 38 heavy (non-hydrogen) atoms. The van der Waals surface area contributed by atoms with Crippen LogP contribution in [0.15, 0.2) is 95.4 Å². The van der Waals surface area contributed by atoms with E-state index in [1.165, 1.54) is 37.7 Å². The van der Waals surface area contributed by atoms with Crippen LogP contribution in [0.2, 0.25) is 0 Å². The second-order valence-corrected chi connectivity index (χ2v) is 13.4. The molecule has 1 atom stereocenters. The summed E-state index contributed by atoms with van der Waals surface area (Å²) in [4.78, 5) is 0.328. The third kappa shape index (κ3) is 6.03. The lowest BCUT2D eigenvalue weighted by atomic mass is 9.79. The molecule has 0 bridgehead atoms. The summed E-state index contributed by atoms with van der Waals surface area (Å²) in [5.74, 6) is 1.26. The maximum absolute atomic E-state index is 13.4. The molecule has 0 fully saturated rings. The Morgan fingerprint density at radius 1 is 0.789 bits per heavy atom. The lowest BCUT2D eigenvalue weighted by Crippen LogP contribution is -2.27. The molecule has 3 aromatic rings. The first kappa shape index (κ1) is 28.1. The monoisotopic (exact) mass is 527 g/mol. The Morgan fingerprint density at radius 3 is 2.00 bits per heavy atom. The average molecular weight is 528 g/mol. The van der Waals surface area contributed by atoms with Crippen molar-refractivity contribution in [3.8, 4) is 0 Å². The number of rotatable bonds is 10. The van der Waals surface area contributed by atoms with E-state index in [4.69, 9.17) is 0 Å². The van der Waals surface area contributed by atoms with E-state index in [1.807, 2.05) is 19.1 Å². The second-order valence-electron chi connectivity index (χ2n) is 11.3. The van der Waals surface area contributed by atoms with E-state index in [0.29, 0.717) is 23.3 Å². The van der Waals surface area contributed by atoms with Gasteiger partial charge in [-0.3, -0.25) is 0 Å². The fourth-order valence-corrected chi connectivity index (χ4v) is 6.58. The maximum atomic E-state index is 13.4. The molecule has 0 radical (unpaired) electrons. The number of likely N-dealkylation sites (N-methyl/N-ethyl adjacent to an activating group) is 1. The fourth-order valence-electron chi connectivity index (χ4n) is 5.47. The van der Waals surface area contributed by atoms with Gasteiger partial charge in [-0.2, -0.15) is 4.31 Å². The molecule has 0 saturated heterocycles. The predicted molar refractivity (Wildman–Crippen MR) is 160 cm³/mol. The summed E-state index contributed by atoms with van der Waals surface area (Å²) < 4.78 is 28.2. The quantitative estimate of drug-likeness (QED) is 0.266. The molecule has 0 aliphatic heterocycles. The van der Waals surface area contributed by atoms with Crippen molar-refractivity contribution in [2.45, 2.75) is 58.3 Å². The van der Waals surface area contributed by atoms with Gasteiger partial charge in [0.05, 0.1) is 4.90 Å². The Bertz CT molecular complexity index is 1410. The Balaban J connectivity index is 1.83. The van der Waals surface area contributed by atoms with Crippen molar-refractivity contribution in [3.63, 3.8) is 0 Å². The van der Waals surface area contributed by atoms with Crippen LogP contribution < -0.4 is 0 Å². The molecule has 200 valence electrons. The van der Waals surface area contributed by atoms with Crippen molar-refractivity contribution in [3.05, 3.63) is 113 Å². The molecule has 0 unspecified atom stereocenters. The van der Waals surface area contributed by atoms with Crippen LogP contribution in [-0.2, 0) is 10.0 Å². The smallest absolute Gasteiger partial charge is 0.207 e. The number of fused-ring (bicyclic) bond motifs is 1. The topological polar surface area (TPSA) is 37.4 Å². The molecule has 3 nitrogen and oxygen atoms in total. The number of sulfonamides is 1. The van der Waals surface area contributed by atoms with Crippen LogP contribution in [0.5, 0.6) is 0 Å². The van der Waals surface area contributed by atoms with Gasteiger partial charge in [-0.25, -0.2) is 8.42 Å². The van der Waals surface area contributed by atoms with Crippen LogP contribution in [0.3, 0.4) is 0 Å². The minimum atomic E-state index is -3.59. The first-order valence-electron chi connectivity index (χ1n) is 13.7. The molecule has 1 aliphatic rings. The summed E-state index contributed by atoms with van der Waals surface area (Å²) in [5.41, 5.74) is 8.80. The molecule has 0 saturated carbocycles. The molecule has 0 N–H and O–H groups in total. The van der Waals surface area contributed by atoms with Gasteiger partial charge >= 0.3 is 0 Å². The van der Waals surface area contributed by atoms with Crippen LogP contribution in [-0.4, -0.2) is 26.3 Å². The van der Waals surface area contributed by atoms with Crippen molar-refractivity contribution < 1.29 is 8.42 Å². The van der Waals surface area contributed by atoms with Crippen LogP contribution in [0.4, 0.5) is 0 Å². The first-order valence-corrected chi connectivity index (χ1v) is 15.1. The summed E-state index contributed by atoms with van der Waals surface area (Å²) in [7, 11) is -1.92. The number of aryl methyl sites for hydroxylation is 1. The minimum Gasteiger partial charge on any atom is -0.207 e. The van der Waals surface area contributed by atoms with E-state index in [9.17, 15) is 8.42 Å². The Hall–Kier alpha value is -2.95. The van der Waals surface area contributed by atoms with Crippen molar-refractivity contribution in [2.24, 2.45) is 11.8 Å². The van der Waals surface area contributed by atoms with E-state index < -0.39 is 10.0 Å². The third-order valence-electron chi connectivity index (χ3n) is 7.31. The second kappa shape index (κ2) is 11.8. The van der Waals surface area contributed by atoms with Gasteiger partial charge in [-0.1, -0.05) is 106 Å². The minimum absolute atomic E-state index is 0.239. The number of allylic oxidation sites excluding steroid dienone is 3. The first-order chi connectivity index (χ1) is 18.1. The lowest BCUT2D eigenvalue weighted by Gasteiger charge is -2.25. The van der Waals surface area contributed by atoms with E-state index >= 15 is 0 Å². The number of benzene rings is 3. The standard InChI is InChI=1S/C34H41NO2S/c1-24(2)22-32(27-12-8-7-9-13-27)34-31(29-14-10-11-15-30(29)33(34)23-25(3)4)20-21-35(6)38(36,37)28-18-16-26(5)17-19-28/h7-20,24-25,32H,21-23H2,1-6H3/b31-20+/t32-/m1/s1. The molecule has 0 aromatic heterocycles. The third-order valence-corrected chi connectivity index (χ3v) is 9.15. The molecule has 0 amide bonds. The lowest BCUT2D eigenvalue weighted by molar-refractivity contribution is 0.499. The van der Waals surface area contributed by atoms with Crippen molar-refractivity contribution >= 4 is 21.2 Å². The number of hydrogen-bond donors (Lipinski definition) is 0. The number of hydrogen-bond acceptors (Lipinski definition) is 2. The van der Waals surface area contributed by atoms with Gasteiger partial charge < -0.3 is 0 Å². The highest BCUT2D eigenvalue weighted by Gasteiger charge is 2.33. The highest BCUT2D eigenvalue weighted by molar-refractivity contribution is 7.89. The predicted octanol–water partition coefficient (Wildman–Crippen LogP) is 8.34. The summed E-state index contributed by atoms with van der Waals surface area (Å²) in [6.07, 6.45) is 4.16. The fraction of sp³-hybridized carbons (Fsp3) is 0.353. The summed E-state index contributed by atoms with van der Waals surface area (Å²) in [6.45, 7) is 11.4. The highest BCUT2D eigenvalue weighted by atomic mass is 32.2. The summed E-state index contributed by atoms with van der Waals surface area (Å²) in [5, 5.41) is 0. The highest BCUT2D eigenvalue weighted by Crippen LogP contribution is 2.51. The molecule has 1 aliphatic carbocycles. The summed E-state index contributed by atoms with van der Waals surface area (Å²) >= 11 is 0. The van der Waals surface area contributed by atoms with Crippen LogP contribution in [0.25, 0.3) is 11.1 Å². The molecular formula is C34H41NO2S. The molecular weight excluding hydrogens is 486 g/mol. The summed E-state index contributed by atoms with van der Waals surface area (Å²) in [6, 6.07) is 26.5. The van der Waals surface area contributed by atoms with Crippen LogP contribution >= 0.6 is 0 Å². The Labute approximate surface area is 230 Å². The van der Waals surface area contributed by atoms with E-state index in [1.54, 1.807) is 19.2 Å². The van der Waals surface area contributed by atoms with Crippen LogP contribution in [0.1, 0.15) is 68.7 Å². The molecule has 3 aromatic carbocycles. The van der Waals surface area contributed by atoms with Crippen LogP contribution in [0, 0.1) is 18.8 Å². The zero-order valence-corrected chi connectivity index (χ0v) is 24.4. The molecule has 4 heteroatoms. The normalized spacial score (nSPS) is 15.7. The van der Waals surface area contributed by atoms with E-state index in [-0.39, 0.29) is 5.92 Å². The van der Waals surface area contributed by atoms with Crippen molar-refractivity contribution in [1.82, 2.24) is 4.31 Å².